The van der Waals surface area contributed by atoms with E-state index in [0.29, 0.717) is 46.9 Å². The molecule has 0 bridgehead atoms. The fourth-order valence-corrected chi connectivity index (χ4v) is 5.56. The summed E-state index contributed by atoms with van der Waals surface area (Å²) in [5.41, 5.74) is 8.83. The number of carbonyl (C=O) groups is 1. The average Bonchev–Trinajstić information content (AvgIpc) is 2.94. The van der Waals surface area contributed by atoms with Gasteiger partial charge in [0.1, 0.15) is 17.3 Å². The largest absolute Gasteiger partial charge is 0.398 e. The zero-order chi connectivity index (χ0) is 29.6. The second-order valence-corrected chi connectivity index (χ2v) is 10.9. The molecule has 1 aliphatic heterocycles. The Morgan fingerprint density at radius 3 is 2.56 bits per heavy atom. The number of fused-ring (bicyclic) bond motifs is 1. The smallest absolute Gasteiger partial charge is 0.355 e. The van der Waals surface area contributed by atoms with Crippen LogP contribution < -0.4 is 16.3 Å². The highest BCUT2D eigenvalue weighted by molar-refractivity contribution is 5.92. The molecule has 9 nitrogen and oxygen atoms in total. The molecule has 3 aromatic heterocycles. The van der Waals surface area contributed by atoms with Gasteiger partial charge in [-0.3, -0.25) is 9.78 Å². The van der Waals surface area contributed by atoms with Crippen LogP contribution in [0.2, 0.25) is 0 Å². The van der Waals surface area contributed by atoms with Crippen molar-refractivity contribution in [3.63, 3.8) is 0 Å². The van der Waals surface area contributed by atoms with Crippen molar-refractivity contribution >= 4 is 28.4 Å². The Kier molecular flexibility index (Phi) is 7.33. The fourth-order valence-electron chi connectivity index (χ4n) is 5.56. The quantitative estimate of drug-likeness (QED) is 0.283. The minimum Gasteiger partial charge on any atom is -0.398 e. The van der Waals surface area contributed by atoms with Crippen LogP contribution in [0.15, 0.2) is 60.0 Å². The van der Waals surface area contributed by atoms with Crippen LogP contribution in [0.25, 0.3) is 28.0 Å². The maximum Gasteiger partial charge on any atom is 0.355 e. The molecule has 1 aromatic carbocycles. The van der Waals surface area contributed by atoms with E-state index in [2.05, 4.69) is 16.5 Å². The monoisotopic (exact) mass is 555 g/mol. The van der Waals surface area contributed by atoms with E-state index in [0.717, 1.165) is 5.56 Å². The molecule has 1 fully saturated rings. The van der Waals surface area contributed by atoms with Crippen LogP contribution in [-0.4, -0.2) is 55.5 Å². The molecule has 0 spiro atoms. The molecule has 4 heterocycles. The second-order valence-electron chi connectivity index (χ2n) is 10.9. The molecule has 1 amide bonds. The number of hydrogen-bond acceptors (Lipinski definition) is 7. The van der Waals surface area contributed by atoms with Gasteiger partial charge < -0.3 is 15.5 Å². The van der Waals surface area contributed by atoms with Crippen molar-refractivity contribution in [2.24, 2.45) is 0 Å². The molecule has 1 saturated heterocycles. The molecule has 0 radical (unpaired) electrons. The Balaban J connectivity index is 1.83. The molecule has 1 aliphatic rings. The normalized spacial score (nSPS) is 17.3. The van der Waals surface area contributed by atoms with E-state index in [1.54, 1.807) is 35.4 Å². The average molecular weight is 556 g/mol. The third kappa shape index (κ3) is 4.83. The zero-order valence-corrected chi connectivity index (χ0v) is 23.9. The third-order valence-corrected chi connectivity index (χ3v) is 7.66. The summed E-state index contributed by atoms with van der Waals surface area (Å²) in [6.07, 6.45) is 3.01. The maximum absolute atomic E-state index is 15.9. The Hall–Kier alpha value is -4.60. The number of nitrogens with zero attached hydrogens (tertiary/aromatic N) is 6. The summed E-state index contributed by atoms with van der Waals surface area (Å²) in [4.78, 5) is 44.0. The molecule has 5 rings (SSSR count). The number of pyridine rings is 2. The molecule has 0 aliphatic carbocycles. The van der Waals surface area contributed by atoms with Gasteiger partial charge in [-0.1, -0.05) is 38.6 Å². The summed E-state index contributed by atoms with van der Waals surface area (Å²) in [5, 5.41) is 0.376. The first-order valence-corrected chi connectivity index (χ1v) is 13.7. The highest BCUT2D eigenvalue weighted by atomic mass is 19.1. The number of nitrogens with two attached hydrogens (primary N) is 1. The first kappa shape index (κ1) is 27.9. The lowest BCUT2D eigenvalue weighted by Gasteiger charge is -2.44. The van der Waals surface area contributed by atoms with Crippen molar-refractivity contribution in [3.05, 3.63) is 82.8 Å². The molecule has 2 unspecified atom stereocenters. The molecular weight excluding hydrogens is 521 g/mol. The van der Waals surface area contributed by atoms with E-state index in [1.165, 1.54) is 16.7 Å². The molecule has 41 heavy (non-hydrogen) atoms. The summed E-state index contributed by atoms with van der Waals surface area (Å²) >= 11 is 0. The van der Waals surface area contributed by atoms with Gasteiger partial charge in [-0.2, -0.15) is 4.98 Å². The van der Waals surface area contributed by atoms with Crippen LogP contribution in [-0.2, 0) is 4.79 Å². The van der Waals surface area contributed by atoms with Crippen LogP contribution in [0, 0.1) is 12.7 Å². The maximum atomic E-state index is 15.9. The van der Waals surface area contributed by atoms with Gasteiger partial charge in [-0.05, 0) is 56.5 Å². The van der Waals surface area contributed by atoms with Gasteiger partial charge in [0.25, 0.3) is 0 Å². The first-order valence-electron chi connectivity index (χ1n) is 13.7. The molecular formula is C31H34FN7O2. The van der Waals surface area contributed by atoms with Gasteiger partial charge in [0.05, 0.1) is 16.8 Å². The van der Waals surface area contributed by atoms with Crippen molar-refractivity contribution < 1.29 is 9.18 Å². The molecule has 0 saturated carbocycles. The topological polar surface area (TPSA) is 110 Å². The number of para-hydroxylation sites is 1. The third-order valence-electron chi connectivity index (χ3n) is 7.66. The van der Waals surface area contributed by atoms with E-state index >= 15 is 4.39 Å². The Morgan fingerprint density at radius 2 is 1.88 bits per heavy atom. The number of nitrogen functional groups attached to an aromatic ring is 1. The number of carbonyl (C=O) groups excluding carboxylic acids is 1. The van der Waals surface area contributed by atoms with Gasteiger partial charge >= 0.3 is 5.69 Å². The van der Waals surface area contributed by atoms with Crippen molar-refractivity contribution in [1.29, 1.82) is 0 Å². The number of rotatable bonds is 5. The SMILES string of the molecule is C=CC(=O)N1CC(C)N(c2nc(=O)n(-c3c(C)ccnc3C(C)C)c3nc(-c4ccccc4N)c(F)cc23)CC1C. The number of halogens is 1. The standard InChI is InChI=1S/C31H34FN7O2/c1-7-25(40)37-15-20(6)38(16-19(37)5)29-22-14-23(32)27(21-10-8-9-11-24(21)33)35-30(22)39(31(41)36-29)28-18(4)12-13-34-26(28)17(2)3/h7-14,17,19-20H,1,15-16,33H2,2-6H3. The van der Waals surface area contributed by atoms with Crippen LogP contribution in [0.1, 0.15) is 44.9 Å². The Morgan fingerprint density at radius 1 is 1.15 bits per heavy atom. The lowest BCUT2D eigenvalue weighted by Crippen LogP contribution is -2.58. The number of anilines is 2. The number of aromatic nitrogens is 4. The number of benzene rings is 1. The van der Waals surface area contributed by atoms with Crippen molar-refractivity contribution in [2.45, 2.75) is 52.6 Å². The van der Waals surface area contributed by atoms with Crippen LogP contribution >= 0.6 is 0 Å². The van der Waals surface area contributed by atoms with E-state index < -0.39 is 11.5 Å². The van der Waals surface area contributed by atoms with E-state index in [9.17, 15) is 9.59 Å². The van der Waals surface area contributed by atoms with Gasteiger partial charge in [-0.25, -0.2) is 18.7 Å². The van der Waals surface area contributed by atoms with Crippen LogP contribution in [0.5, 0.6) is 0 Å². The molecule has 2 atom stereocenters. The lowest BCUT2D eigenvalue weighted by atomic mass is 10.0. The summed E-state index contributed by atoms with van der Waals surface area (Å²) in [5.74, 6) is -0.439. The van der Waals surface area contributed by atoms with E-state index in [1.807, 2.05) is 45.6 Å². The highest BCUT2D eigenvalue weighted by Gasteiger charge is 2.34. The number of aryl methyl sites for hydroxylation is 1. The zero-order valence-electron chi connectivity index (χ0n) is 23.9. The van der Waals surface area contributed by atoms with E-state index in [-0.39, 0.29) is 35.2 Å². The fraction of sp³-hybridized carbons (Fsp3) is 0.323. The molecule has 4 aromatic rings. The summed E-state index contributed by atoms with van der Waals surface area (Å²) < 4.78 is 17.3. The predicted molar refractivity (Wildman–Crippen MR) is 160 cm³/mol. The lowest BCUT2D eigenvalue weighted by molar-refractivity contribution is -0.128. The number of amides is 1. The summed E-state index contributed by atoms with van der Waals surface area (Å²) in [6, 6.07) is 9.71. The second kappa shape index (κ2) is 10.8. The molecule has 212 valence electrons. The van der Waals surface area contributed by atoms with Crippen molar-refractivity contribution in [3.8, 4) is 16.9 Å². The number of piperazine rings is 1. The summed E-state index contributed by atoms with van der Waals surface area (Å²) in [6.45, 7) is 14.2. The first-order chi connectivity index (χ1) is 19.5. The predicted octanol–water partition coefficient (Wildman–Crippen LogP) is 4.61. The Bertz CT molecular complexity index is 1730. The Labute approximate surface area is 238 Å². The van der Waals surface area contributed by atoms with Crippen LogP contribution in [0.3, 0.4) is 0 Å². The van der Waals surface area contributed by atoms with E-state index in [4.69, 9.17) is 10.7 Å². The number of hydrogen-bond donors (Lipinski definition) is 1. The van der Waals surface area contributed by atoms with Gasteiger partial charge in [-0.15, -0.1) is 0 Å². The van der Waals surface area contributed by atoms with Gasteiger partial charge in [0.15, 0.2) is 5.65 Å². The van der Waals surface area contributed by atoms with Crippen LogP contribution in [0.4, 0.5) is 15.9 Å². The highest BCUT2D eigenvalue weighted by Crippen LogP contribution is 2.35. The molecule has 2 N–H and O–H groups in total. The van der Waals surface area contributed by atoms with Crippen molar-refractivity contribution in [2.75, 3.05) is 23.7 Å². The summed E-state index contributed by atoms with van der Waals surface area (Å²) in [7, 11) is 0. The van der Waals surface area contributed by atoms with Gasteiger partial charge in [0, 0.05) is 42.6 Å². The minimum atomic E-state index is -0.586. The molecule has 10 heteroatoms. The van der Waals surface area contributed by atoms with Gasteiger partial charge in [0.2, 0.25) is 5.91 Å². The minimum absolute atomic E-state index is 0.00689. The van der Waals surface area contributed by atoms with Crippen molar-refractivity contribution in [1.82, 2.24) is 24.4 Å².